The molecule has 0 radical (unpaired) electrons. The number of aromatic nitrogens is 1. The lowest BCUT2D eigenvalue weighted by Gasteiger charge is -2.22. The van der Waals surface area contributed by atoms with E-state index in [0.29, 0.717) is 6.61 Å². The van der Waals surface area contributed by atoms with Crippen molar-refractivity contribution in [3.05, 3.63) is 29.6 Å². The SMILES string of the molecule is CCC(C)(C)c1cc(COC)ccn1. The van der Waals surface area contributed by atoms with E-state index in [1.54, 1.807) is 7.11 Å². The van der Waals surface area contributed by atoms with Gasteiger partial charge in [0.1, 0.15) is 0 Å². The number of hydrogen-bond donors (Lipinski definition) is 0. The van der Waals surface area contributed by atoms with Crippen LogP contribution in [0.4, 0.5) is 0 Å². The fourth-order valence-corrected chi connectivity index (χ4v) is 1.28. The van der Waals surface area contributed by atoms with Crippen LogP contribution in [-0.2, 0) is 16.8 Å². The maximum atomic E-state index is 5.10. The van der Waals surface area contributed by atoms with Gasteiger partial charge in [0.05, 0.1) is 6.61 Å². The molecule has 78 valence electrons. The molecule has 2 heteroatoms. The third kappa shape index (κ3) is 2.55. The molecule has 0 aromatic carbocycles. The highest BCUT2D eigenvalue weighted by atomic mass is 16.5. The van der Waals surface area contributed by atoms with Crippen LogP contribution in [0.2, 0.25) is 0 Å². The van der Waals surface area contributed by atoms with E-state index >= 15 is 0 Å². The van der Waals surface area contributed by atoms with Gasteiger partial charge >= 0.3 is 0 Å². The summed E-state index contributed by atoms with van der Waals surface area (Å²) in [7, 11) is 1.71. The summed E-state index contributed by atoms with van der Waals surface area (Å²) in [6.07, 6.45) is 2.96. The van der Waals surface area contributed by atoms with E-state index in [2.05, 4.69) is 31.8 Å². The van der Waals surface area contributed by atoms with Gasteiger partial charge in [-0.25, -0.2) is 0 Å². The molecule has 0 unspecified atom stereocenters. The minimum Gasteiger partial charge on any atom is -0.380 e. The standard InChI is InChI=1S/C12H19NO/c1-5-12(2,3)11-8-10(9-14-4)6-7-13-11/h6-8H,5,9H2,1-4H3. The predicted octanol–water partition coefficient (Wildman–Crippen LogP) is 2.92. The van der Waals surface area contributed by atoms with Gasteiger partial charge in [-0.05, 0) is 24.1 Å². The quantitative estimate of drug-likeness (QED) is 0.733. The smallest absolute Gasteiger partial charge is 0.0714 e. The molecule has 0 fully saturated rings. The molecule has 2 nitrogen and oxygen atoms in total. The first-order valence-corrected chi connectivity index (χ1v) is 5.04. The van der Waals surface area contributed by atoms with E-state index in [1.807, 2.05) is 12.3 Å². The van der Waals surface area contributed by atoms with Gasteiger partial charge in [0.2, 0.25) is 0 Å². The zero-order valence-electron chi connectivity index (χ0n) is 9.50. The van der Waals surface area contributed by atoms with Crippen molar-refractivity contribution in [3.63, 3.8) is 0 Å². The second kappa shape index (κ2) is 4.56. The number of pyridine rings is 1. The van der Waals surface area contributed by atoms with Crippen LogP contribution < -0.4 is 0 Å². The molecule has 0 atom stereocenters. The maximum absolute atomic E-state index is 5.10. The normalized spacial score (nSPS) is 11.7. The van der Waals surface area contributed by atoms with Crippen molar-refractivity contribution in [2.45, 2.75) is 39.2 Å². The van der Waals surface area contributed by atoms with Crippen LogP contribution in [-0.4, -0.2) is 12.1 Å². The van der Waals surface area contributed by atoms with Crippen LogP contribution in [0.3, 0.4) is 0 Å². The molecule has 0 aliphatic rings. The van der Waals surface area contributed by atoms with Gasteiger partial charge in [-0.1, -0.05) is 20.8 Å². The fourth-order valence-electron chi connectivity index (χ4n) is 1.28. The van der Waals surface area contributed by atoms with E-state index in [1.165, 1.54) is 5.56 Å². The van der Waals surface area contributed by atoms with Gasteiger partial charge in [0, 0.05) is 24.4 Å². The Morgan fingerprint density at radius 2 is 2.14 bits per heavy atom. The van der Waals surface area contributed by atoms with Gasteiger partial charge in [0.15, 0.2) is 0 Å². The molecule has 0 amide bonds. The Morgan fingerprint density at radius 3 is 2.71 bits per heavy atom. The summed E-state index contributed by atoms with van der Waals surface area (Å²) >= 11 is 0. The number of methoxy groups -OCH3 is 1. The van der Waals surface area contributed by atoms with E-state index in [4.69, 9.17) is 4.74 Å². The molecule has 1 rings (SSSR count). The summed E-state index contributed by atoms with van der Waals surface area (Å²) in [4.78, 5) is 4.41. The van der Waals surface area contributed by atoms with Gasteiger partial charge in [-0.15, -0.1) is 0 Å². The van der Waals surface area contributed by atoms with Gasteiger partial charge in [-0.3, -0.25) is 4.98 Å². The van der Waals surface area contributed by atoms with Crippen LogP contribution in [0.15, 0.2) is 18.3 Å². The molecule has 0 saturated heterocycles. The summed E-state index contributed by atoms with van der Waals surface area (Å²) in [5, 5.41) is 0. The topological polar surface area (TPSA) is 22.1 Å². The number of hydrogen-bond acceptors (Lipinski definition) is 2. The van der Waals surface area contributed by atoms with E-state index in [0.717, 1.165) is 12.1 Å². The minimum atomic E-state index is 0.156. The number of ether oxygens (including phenoxy) is 1. The lowest BCUT2D eigenvalue weighted by Crippen LogP contribution is -2.17. The average Bonchev–Trinajstić information content (AvgIpc) is 2.19. The Labute approximate surface area is 86.3 Å². The molecule has 0 N–H and O–H groups in total. The molecule has 0 aliphatic carbocycles. The summed E-state index contributed by atoms with van der Waals surface area (Å²) in [6.45, 7) is 7.28. The Balaban J connectivity index is 2.93. The molecular weight excluding hydrogens is 174 g/mol. The number of nitrogens with zero attached hydrogens (tertiary/aromatic N) is 1. The summed E-state index contributed by atoms with van der Waals surface area (Å²) < 4.78 is 5.10. The first-order chi connectivity index (χ1) is 6.60. The van der Waals surface area contributed by atoms with Crippen molar-refractivity contribution in [1.29, 1.82) is 0 Å². The van der Waals surface area contributed by atoms with Crippen molar-refractivity contribution in [2.24, 2.45) is 0 Å². The highest BCUT2D eigenvalue weighted by Gasteiger charge is 2.19. The highest BCUT2D eigenvalue weighted by Crippen LogP contribution is 2.25. The van der Waals surface area contributed by atoms with Crippen molar-refractivity contribution in [1.82, 2.24) is 4.98 Å². The van der Waals surface area contributed by atoms with Crippen molar-refractivity contribution >= 4 is 0 Å². The lowest BCUT2D eigenvalue weighted by atomic mass is 9.85. The van der Waals surface area contributed by atoms with Crippen molar-refractivity contribution in [2.75, 3.05) is 7.11 Å². The Hall–Kier alpha value is -0.890. The Kier molecular flexibility index (Phi) is 3.64. The van der Waals surface area contributed by atoms with E-state index in [-0.39, 0.29) is 5.41 Å². The monoisotopic (exact) mass is 193 g/mol. The molecular formula is C12H19NO. The van der Waals surface area contributed by atoms with Gasteiger partial charge in [-0.2, -0.15) is 0 Å². The third-order valence-corrected chi connectivity index (χ3v) is 2.71. The van der Waals surface area contributed by atoms with Gasteiger partial charge < -0.3 is 4.74 Å². The van der Waals surface area contributed by atoms with Crippen molar-refractivity contribution < 1.29 is 4.74 Å². The largest absolute Gasteiger partial charge is 0.380 e. The third-order valence-electron chi connectivity index (χ3n) is 2.71. The zero-order valence-corrected chi connectivity index (χ0v) is 9.50. The van der Waals surface area contributed by atoms with Crippen LogP contribution in [0, 0.1) is 0 Å². The van der Waals surface area contributed by atoms with Crippen LogP contribution in [0.5, 0.6) is 0 Å². The molecule has 14 heavy (non-hydrogen) atoms. The molecule has 0 spiro atoms. The predicted molar refractivity (Wildman–Crippen MR) is 58.3 cm³/mol. The van der Waals surface area contributed by atoms with Gasteiger partial charge in [0.25, 0.3) is 0 Å². The summed E-state index contributed by atoms with van der Waals surface area (Å²) in [5.41, 5.74) is 2.50. The molecule has 0 bridgehead atoms. The fraction of sp³-hybridized carbons (Fsp3) is 0.583. The maximum Gasteiger partial charge on any atom is 0.0714 e. The van der Waals surface area contributed by atoms with Crippen LogP contribution in [0.25, 0.3) is 0 Å². The van der Waals surface area contributed by atoms with E-state index in [9.17, 15) is 0 Å². The van der Waals surface area contributed by atoms with Crippen LogP contribution >= 0.6 is 0 Å². The zero-order chi connectivity index (χ0) is 10.6. The highest BCUT2D eigenvalue weighted by molar-refractivity contribution is 5.21. The molecule has 0 saturated carbocycles. The molecule has 1 aromatic rings. The second-order valence-electron chi connectivity index (χ2n) is 4.22. The number of rotatable bonds is 4. The second-order valence-corrected chi connectivity index (χ2v) is 4.22. The van der Waals surface area contributed by atoms with E-state index < -0.39 is 0 Å². The first-order valence-electron chi connectivity index (χ1n) is 5.04. The first kappa shape index (κ1) is 11.2. The van der Waals surface area contributed by atoms with Crippen LogP contribution in [0.1, 0.15) is 38.4 Å². The molecule has 1 heterocycles. The minimum absolute atomic E-state index is 0.156. The Bertz CT molecular complexity index is 294. The molecule has 1 aromatic heterocycles. The summed E-state index contributed by atoms with van der Waals surface area (Å²) in [6, 6.07) is 4.13. The molecule has 0 aliphatic heterocycles. The summed E-state index contributed by atoms with van der Waals surface area (Å²) in [5.74, 6) is 0. The van der Waals surface area contributed by atoms with Crippen molar-refractivity contribution in [3.8, 4) is 0 Å². The lowest BCUT2D eigenvalue weighted by molar-refractivity contribution is 0.184. The Morgan fingerprint density at radius 1 is 1.43 bits per heavy atom. The average molecular weight is 193 g/mol.